The number of amides is 4. The van der Waals surface area contributed by atoms with Crippen molar-refractivity contribution in [3.05, 3.63) is 48.1 Å². The first-order valence-electron chi connectivity index (χ1n) is 7.12. The molecule has 1 atom stereocenters. The number of allylic oxidation sites excluding steroid dienone is 8. The van der Waals surface area contributed by atoms with Crippen LogP contribution in [-0.2, 0) is 17.1 Å². The van der Waals surface area contributed by atoms with Gasteiger partial charge in [-0.1, -0.05) is 6.42 Å². The monoisotopic (exact) mass is 384 g/mol. The van der Waals surface area contributed by atoms with Crippen LogP contribution in [-0.4, -0.2) is 23.5 Å². The third-order valence-corrected chi connectivity index (χ3v) is 3.00. The molecule has 6 N–H and O–H groups in total. The largest absolute Gasteiger partial charge is 2.00 e. The summed E-state index contributed by atoms with van der Waals surface area (Å²) in [6.45, 7) is 3.62. The van der Waals surface area contributed by atoms with Crippen molar-refractivity contribution in [1.82, 2.24) is 10.9 Å². The van der Waals surface area contributed by atoms with Crippen LogP contribution in [0.2, 0.25) is 0 Å². The molecule has 0 fully saturated rings. The van der Waals surface area contributed by atoms with E-state index in [0.717, 1.165) is 23.4 Å². The minimum atomic E-state index is -0.649. The molecular formula is C16H20FeN6O2. The average Bonchev–Trinajstić information content (AvgIpc) is 3.23. The Morgan fingerprint density at radius 1 is 1.16 bits per heavy atom. The van der Waals surface area contributed by atoms with Crippen LogP contribution in [0.25, 0.3) is 0 Å². The maximum Gasteiger partial charge on any atom is 2.00 e. The van der Waals surface area contributed by atoms with Gasteiger partial charge in [0.05, 0.1) is 0 Å². The van der Waals surface area contributed by atoms with Crippen molar-refractivity contribution in [2.45, 2.75) is 20.3 Å². The zero-order valence-electron chi connectivity index (χ0n) is 13.9. The van der Waals surface area contributed by atoms with E-state index in [2.05, 4.69) is 33.2 Å². The Morgan fingerprint density at radius 3 is 2.28 bits per heavy atom. The van der Waals surface area contributed by atoms with Gasteiger partial charge in [0.2, 0.25) is 0 Å². The molecule has 0 aliphatic heterocycles. The molecule has 0 aromatic carbocycles. The van der Waals surface area contributed by atoms with Gasteiger partial charge in [-0.3, -0.25) is 12.2 Å². The molecule has 4 amide bonds. The third-order valence-electron chi connectivity index (χ3n) is 3.00. The van der Waals surface area contributed by atoms with Crippen LogP contribution in [0.15, 0.2) is 46.2 Å². The quantitative estimate of drug-likeness (QED) is 0.252. The molecule has 25 heavy (non-hydrogen) atoms. The number of hydrogen-bond donors (Lipinski definition) is 4. The van der Waals surface area contributed by atoms with E-state index in [9.17, 15) is 9.59 Å². The number of hydrogen-bond acceptors (Lipinski definition) is 4. The Labute approximate surface area is 157 Å². The molecule has 0 aromatic rings. The van der Waals surface area contributed by atoms with Crippen LogP contribution in [0.1, 0.15) is 20.3 Å². The number of hydrazone groups is 2. The first kappa shape index (κ1) is 22.4. The predicted molar refractivity (Wildman–Crippen MR) is 92.6 cm³/mol. The number of rotatable bonds is 4. The van der Waals surface area contributed by atoms with E-state index in [1.807, 2.05) is 44.2 Å². The van der Waals surface area contributed by atoms with E-state index in [1.165, 1.54) is 0 Å². The fraction of sp³-hybridized carbons (Fsp3) is 0.250. The summed E-state index contributed by atoms with van der Waals surface area (Å²) in [6.07, 6.45) is 16.0. The van der Waals surface area contributed by atoms with Gasteiger partial charge in [-0.2, -0.15) is 27.9 Å². The normalized spacial score (nSPS) is 18.0. The number of nitrogens with one attached hydrogen (secondary N) is 2. The zero-order chi connectivity index (χ0) is 17.9. The van der Waals surface area contributed by atoms with Gasteiger partial charge in [-0.15, -0.1) is 0 Å². The molecule has 0 radical (unpaired) electrons. The molecule has 2 aliphatic rings. The molecule has 0 saturated carbocycles. The van der Waals surface area contributed by atoms with Crippen LogP contribution in [0, 0.1) is 18.1 Å². The van der Waals surface area contributed by atoms with Crippen LogP contribution in [0.3, 0.4) is 0 Å². The molecule has 0 bridgehead atoms. The van der Waals surface area contributed by atoms with Crippen LogP contribution >= 0.6 is 0 Å². The Kier molecular flexibility index (Phi) is 10.6. The van der Waals surface area contributed by atoms with Crippen molar-refractivity contribution in [2.75, 3.05) is 0 Å². The Hall–Kier alpha value is -2.64. The minimum Gasteiger partial charge on any atom is -0.350 e. The van der Waals surface area contributed by atoms with Gasteiger partial charge in [0.25, 0.3) is 0 Å². The fourth-order valence-corrected chi connectivity index (χ4v) is 1.70. The minimum absolute atomic E-state index is 0. The summed E-state index contributed by atoms with van der Waals surface area (Å²) in [5.41, 5.74) is 16.6. The Bertz CT molecular complexity index is 650. The second kappa shape index (κ2) is 11.8. The maximum absolute atomic E-state index is 10.3. The molecule has 134 valence electrons. The van der Waals surface area contributed by atoms with E-state index in [0.29, 0.717) is 0 Å². The molecule has 0 aromatic heterocycles. The molecule has 0 spiro atoms. The van der Waals surface area contributed by atoms with Gasteiger partial charge in [0.15, 0.2) is 0 Å². The molecule has 8 nitrogen and oxygen atoms in total. The first-order valence-corrected chi connectivity index (χ1v) is 7.12. The van der Waals surface area contributed by atoms with Crippen molar-refractivity contribution >= 4 is 23.5 Å². The molecule has 0 saturated heterocycles. The number of nitrogens with zero attached hydrogens (tertiary/aromatic N) is 2. The summed E-state index contributed by atoms with van der Waals surface area (Å²) in [4.78, 5) is 20.6. The Balaban J connectivity index is 0.000000443. The molecular weight excluding hydrogens is 364 g/mol. The Morgan fingerprint density at radius 2 is 1.80 bits per heavy atom. The molecule has 0 heterocycles. The standard InChI is InChI=1S/2C8H10N3O.Fe/c2*1-6(10-11-8(9)12)7-4-2-3-5-7;/h2,5H,4H2,1H3,(H3,9,11,12);2,4-5,7H,1H3,(H3,9,11,12);/q2*-1;+2/b2*10-6+;. The second-order valence-corrected chi connectivity index (χ2v) is 4.87. The maximum atomic E-state index is 10.3. The van der Waals surface area contributed by atoms with Crippen molar-refractivity contribution in [3.8, 4) is 0 Å². The predicted octanol–water partition coefficient (Wildman–Crippen LogP) is 1.29. The van der Waals surface area contributed by atoms with Crippen molar-refractivity contribution < 1.29 is 26.7 Å². The summed E-state index contributed by atoms with van der Waals surface area (Å²) >= 11 is 0. The van der Waals surface area contributed by atoms with Gasteiger partial charge < -0.3 is 11.5 Å². The SMILES string of the molecule is C/C(=N\NC(N)=O)C1=C[C-]=CC1.C/C(=N\NC(N)=O)C1C=[C-]C=C1.[Fe+2]. The number of nitrogens with two attached hydrogens (primary N) is 2. The van der Waals surface area contributed by atoms with Crippen LogP contribution < -0.4 is 22.3 Å². The fourth-order valence-electron chi connectivity index (χ4n) is 1.70. The summed E-state index contributed by atoms with van der Waals surface area (Å²) in [5, 5.41) is 7.54. The van der Waals surface area contributed by atoms with Gasteiger partial charge in [-0.05, 0) is 25.5 Å². The number of urea groups is 2. The van der Waals surface area contributed by atoms with Gasteiger partial charge in [-0.25, -0.2) is 38.7 Å². The van der Waals surface area contributed by atoms with Gasteiger partial charge >= 0.3 is 29.1 Å². The molecule has 2 aliphatic carbocycles. The first-order chi connectivity index (χ1) is 11.4. The number of primary amides is 2. The summed E-state index contributed by atoms with van der Waals surface area (Å²) in [6, 6.07) is -1.30. The van der Waals surface area contributed by atoms with Crippen molar-refractivity contribution in [3.63, 3.8) is 0 Å². The van der Waals surface area contributed by atoms with E-state index >= 15 is 0 Å². The van der Waals surface area contributed by atoms with E-state index in [-0.39, 0.29) is 23.0 Å². The summed E-state index contributed by atoms with van der Waals surface area (Å²) in [7, 11) is 0. The van der Waals surface area contributed by atoms with Gasteiger partial charge in [0.1, 0.15) is 0 Å². The van der Waals surface area contributed by atoms with E-state index in [1.54, 1.807) is 0 Å². The zero-order valence-corrected chi connectivity index (χ0v) is 15.0. The molecule has 9 heteroatoms. The van der Waals surface area contributed by atoms with Gasteiger partial charge in [0, 0.05) is 5.71 Å². The topological polar surface area (TPSA) is 135 Å². The van der Waals surface area contributed by atoms with Crippen LogP contribution in [0.4, 0.5) is 9.59 Å². The summed E-state index contributed by atoms with van der Waals surface area (Å²) < 4.78 is 0. The summed E-state index contributed by atoms with van der Waals surface area (Å²) in [5.74, 6) is 0.136. The average molecular weight is 384 g/mol. The number of carbonyl (C=O) groups is 2. The number of carbonyl (C=O) groups excluding carboxylic acids is 2. The molecule has 2 rings (SSSR count). The smallest absolute Gasteiger partial charge is 0.350 e. The second-order valence-electron chi connectivity index (χ2n) is 4.87. The molecule has 1 unspecified atom stereocenters. The van der Waals surface area contributed by atoms with Crippen LogP contribution in [0.5, 0.6) is 0 Å². The van der Waals surface area contributed by atoms with Crippen molar-refractivity contribution in [2.24, 2.45) is 27.6 Å². The van der Waals surface area contributed by atoms with E-state index < -0.39 is 12.1 Å². The third kappa shape index (κ3) is 9.29. The van der Waals surface area contributed by atoms with E-state index in [4.69, 9.17) is 11.5 Å². The van der Waals surface area contributed by atoms with Crippen molar-refractivity contribution in [1.29, 1.82) is 0 Å².